The first-order valence-corrected chi connectivity index (χ1v) is 10.9. The Bertz CT molecular complexity index is 1170. The highest BCUT2D eigenvalue weighted by molar-refractivity contribution is 6.09. The number of amides is 4. The quantitative estimate of drug-likeness (QED) is 0.585. The van der Waals surface area contributed by atoms with E-state index in [1.54, 1.807) is 19.1 Å². The lowest BCUT2D eigenvalue weighted by molar-refractivity contribution is -0.135. The van der Waals surface area contributed by atoms with Crippen molar-refractivity contribution < 1.29 is 18.8 Å². The third-order valence-corrected chi connectivity index (χ3v) is 6.82. The molecule has 0 bridgehead atoms. The number of para-hydroxylation sites is 1. The van der Waals surface area contributed by atoms with E-state index >= 15 is 0 Å². The van der Waals surface area contributed by atoms with Crippen LogP contribution in [0.1, 0.15) is 37.5 Å². The molecular formula is C25H25N3O4. The molecule has 2 aliphatic rings. The van der Waals surface area contributed by atoms with Gasteiger partial charge in [-0.15, -0.1) is 0 Å². The van der Waals surface area contributed by atoms with Gasteiger partial charge < -0.3 is 15.1 Å². The van der Waals surface area contributed by atoms with E-state index in [0.29, 0.717) is 17.9 Å². The number of furan rings is 1. The predicted molar refractivity (Wildman–Crippen MR) is 119 cm³/mol. The van der Waals surface area contributed by atoms with Crippen LogP contribution in [0.4, 0.5) is 4.79 Å². The molecule has 2 heterocycles. The first-order chi connectivity index (χ1) is 15.4. The highest BCUT2D eigenvalue weighted by Gasteiger charge is 2.51. The SMILES string of the molecule is CC1(c2cc3ccccc3o2)NC(=O)N(CC(=O)NCC2(c3ccccc3)CCC2)C1=O. The summed E-state index contributed by atoms with van der Waals surface area (Å²) in [6.45, 7) is 1.76. The molecule has 5 rings (SSSR count). The van der Waals surface area contributed by atoms with Gasteiger partial charge in [-0.1, -0.05) is 55.0 Å². The largest absolute Gasteiger partial charge is 0.458 e. The van der Waals surface area contributed by atoms with E-state index in [-0.39, 0.29) is 17.9 Å². The maximum absolute atomic E-state index is 13.1. The monoisotopic (exact) mass is 431 g/mol. The van der Waals surface area contributed by atoms with Gasteiger partial charge in [-0.2, -0.15) is 0 Å². The minimum atomic E-state index is -1.35. The second kappa shape index (κ2) is 7.51. The Morgan fingerprint density at radius 3 is 2.50 bits per heavy atom. The van der Waals surface area contributed by atoms with Crippen LogP contribution in [-0.2, 0) is 20.5 Å². The number of urea groups is 1. The van der Waals surface area contributed by atoms with Crippen LogP contribution >= 0.6 is 0 Å². The van der Waals surface area contributed by atoms with Gasteiger partial charge in [0.2, 0.25) is 5.91 Å². The molecule has 7 nitrogen and oxygen atoms in total. The van der Waals surface area contributed by atoms with E-state index in [0.717, 1.165) is 29.5 Å². The number of rotatable bonds is 6. The smallest absolute Gasteiger partial charge is 0.325 e. The van der Waals surface area contributed by atoms with Crippen LogP contribution in [0.5, 0.6) is 0 Å². The van der Waals surface area contributed by atoms with Crippen LogP contribution in [0, 0.1) is 0 Å². The van der Waals surface area contributed by atoms with Gasteiger partial charge >= 0.3 is 6.03 Å². The van der Waals surface area contributed by atoms with Crippen molar-refractivity contribution in [2.45, 2.75) is 37.1 Å². The Morgan fingerprint density at radius 1 is 1.09 bits per heavy atom. The molecular weight excluding hydrogens is 406 g/mol. The number of hydrogen-bond acceptors (Lipinski definition) is 4. The summed E-state index contributed by atoms with van der Waals surface area (Å²) in [4.78, 5) is 39.4. The van der Waals surface area contributed by atoms with Gasteiger partial charge in [0.05, 0.1) is 0 Å². The summed E-state index contributed by atoms with van der Waals surface area (Å²) in [7, 11) is 0. The van der Waals surface area contributed by atoms with Crippen molar-refractivity contribution in [1.29, 1.82) is 0 Å². The number of carbonyl (C=O) groups excluding carboxylic acids is 3. The van der Waals surface area contributed by atoms with E-state index in [2.05, 4.69) is 22.8 Å². The first-order valence-electron chi connectivity index (χ1n) is 10.9. The molecule has 164 valence electrons. The molecule has 2 N–H and O–H groups in total. The number of fused-ring (bicyclic) bond motifs is 1. The molecule has 0 spiro atoms. The van der Waals surface area contributed by atoms with Crippen molar-refractivity contribution in [1.82, 2.24) is 15.5 Å². The fourth-order valence-corrected chi connectivity index (χ4v) is 4.67. The normalized spacial score (nSPS) is 22.0. The summed E-state index contributed by atoms with van der Waals surface area (Å²) in [6, 6.07) is 18.7. The van der Waals surface area contributed by atoms with Crippen molar-refractivity contribution in [3.8, 4) is 0 Å². The van der Waals surface area contributed by atoms with Crippen LogP contribution in [0.3, 0.4) is 0 Å². The number of carbonyl (C=O) groups is 3. The molecule has 4 amide bonds. The molecule has 2 fully saturated rings. The minimum Gasteiger partial charge on any atom is -0.458 e. The molecule has 32 heavy (non-hydrogen) atoms. The topological polar surface area (TPSA) is 91.7 Å². The number of imide groups is 1. The number of nitrogens with zero attached hydrogens (tertiary/aromatic N) is 1. The third-order valence-electron chi connectivity index (χ3n) is 6.82. The summed E-state index contributed by atoms with van der Waals surface area (Å²) in [5.74, 6) is -0.514. The average Bonchev–Trinajstić information content (AvgIpc) is 3.30. The van der Waals surface area contributed by atoms with Crippen molar-refractivity contribution in [3.63, 3.8) is 0 Å². The summed E-state index contributed by atoms with van der Waals surface area (Å²) in [5.41, 5.74) is 0.416. The van der Waals surface area contributed by atoms with Crippen LogP contribution in [0.25, 0.3) is 11.0 Å². The molecule has 7 heteroatoms. The fraction of sp³-hybridized carbons (Fsp3) is 0.320. The van der Waals surface area contributed by atoms with E-state index in [9.17, 15) is 14.4 Å². The van der Waals surface area contributed by atoms with E-state index < -0.39 is 17.5 Å². The third kappa shape index (κ3) is 3.25. The standard InChI is InChI=1S/C25H25N3O4/c1-24(20-14-17-8-5-6-11-19(17)32-20)22(30)28(23(31)27-24)15-21(29)26-16-25(12-7-13-25)18-9-3-2-4-10-18/h2-6,8-11,14H,7,12-13,15-16H2,1H3,(H,26,29)(H,27,31). The van der Waals surface area contributed by atoms with Gasteiger partial charge in [0, 0.05) is 17.3 Å². The number of nitrogens with one attached hydrogen (secondary N) is 2. The summed E-state index contributed by atoms with van der Waals surface area (Å²) in [5, 5.41) is 6.48. The second-order valence-corrected chi connectivity index (χ2v) is 8.87. The predicted octanol–water partition coefficient (Wildman–Crippen LogP) is 3.44. The summed E-state index contributed by atoms with van der Waals surface area (Å²) in [6.07, 6.45) is 3.13. The maximum Gasteiger partial charge on any atom is 0.325 e. The van der Waals surface area contributed by atoms with Crippen LogP contribution in [0.15, 0.2) is 65.1 Å². The summed E-state index contributed by atoms with van der Waals surface area (Å²) >= 11 is 0. The molecule has 1 unspecified atom stereocenters. The molecule has 1 aliphatic heterocycles. The zero-order chi connectivity index (χ0) is 22.3. The van der Waals surface area contributed by atoms with Gasteiger partial charge in [0.15, 0.2) is 5.54 Å². The van der Waals surface area contributed by atoms with Crippen LogP contribution in [0.2, 0.25) is 0 Å². The molecule has 0 radical (unpaired) electrons. The Kier molecular flexibility index (Phi) is 4.77. The zero-order valence-corrected chi connectivity index (χ0v) is 17.9. The van der Waals surface area contributed by atoms with Gasteiger partial charge in [0.1, 0.15) is 17.9 Å². The lowest BCUT2D eigenvalue weighted by atomic mass is 9.64. The van der Waals surface area contributed by atoms with Crippen LogP contribution < -0.4 is 10.6 Å². The molecule has 1 saturated heterocycles. The first kappa shape index (κ1) is 20.3. The van der Waals surface area contributed by atoms with E-state index in [1.807, 2.05) is 36.4 Å². The molecule has 1 saturated carbocycles. The minimum absolute atomic E-state index is 0.0724. The summed E-state index contributed by atoms with van der Waals surface area (Å²) < 4.78 is 5.83. The lowest BCUT2D eigenvalue weighted by Gasteiger charge is -2.42. The molecule has 3 aromatic rings. The zero-order valence-electron chi connectivity index (χ0n) is 17.9. The maximum atomic E-state index is 13.1. The van der Waals surface area contributed by atoms with E-state index in [4.69, 9.17) is 4.42 Å². The average molecular weight is 431 g/mol. The molecule has 1 aliphatic carbocycles. The van der Waals surface area contributed by atoms with Crippen molar-refractivity contribution >= 4 is 28.8 Å². The Hall–Kier alpha value is -3.61. The van der Waals surface area contributed by atoms with Crippen LogP contribution in [-0.4, -0.2) is 35.8 Å². The van der Waals surface area contributed by atoms with Crippen molar-refractivity contribution in [2.24, 2.45) is 0 Å². The second-order valence-electron chi connectivity index (χ2n) is 8.87. The Labute approximate surface area is 185 Å². The number of benzene rings is 2. The van der Waals surface area contributed by atoms with Gasteiger partial charge in [-0.25, -0.2) is 4.79 Å². The van der Waals surface area contributed by atoms with Crippen molar-refractivity contribution in [3.05, 3.63) is 72.0 Å². The highest BCUT2D eigenvalue weighted by Crippen LogP contribution is 2.43. The van der Waals surface area contributed by atoms with Gasteiger partial charge in [-0.3, -0.25) is 14.5 Å². The fourth-order valence-electron chi connectivity index (χ4n) is 4.67. The lowest BCUT2D eigenvalue weighted by Crippen LogP contribution is -2.49. The molecule has 1 atom stereocenters. The Balaban J connectivity index is 1.28. The highest BCUT2D eigenvalue weighted by atomic mass is 16.3. The van der Waals surface area contributed by atoms with E-state index in [1.165, 1.54) is 5.56 Å². The van der Waals surface area contributed by atoms with Gasteiger partial charge in [-0.05, 0) is 37.5 Å². The van der Waals surface area contributed by atoms with Gasteiger partial charge in [0.25, 0.3) is 5.91 Å². The Morgan fingerprint density at radius 2 is 1.81 bits per heavy atom. The molecule has 1 aromatic heterocycles. The molecule has 2 aromatic carbocycles. The number of hydrogen-bond donors (Lipinski definition) is 2. The van der Waals surface area contributed by atoms with Crippen molar-refractivity contribution in [2.75, 3.05) is 13.1 Å².